The van der Waals surface area contributed by atoms with Gasteiger partial charge in [-0.25, -0.2) is 14.8 Å². The first kappa shape index (κ1) is 25.3. The van der Waals surface area contributed by atoms with Crippen molar-refractivity contribution in [3.8, 4) is 34.1 Å². The molecule has 0 aliphatic rings. The van der Waals surface area contributed by atoms with E-state index in [4.69, 9.17) is 24.2 Å². The molecule has 0 aliphatic carbocycles. The number of hydrogen-bond donors (Lipinski definition) is 1. The average Bonchev–Trinajstić information content (AvgIpc) is 3.46. The fraction of sp³-hybridized carbons (Fsp3) is 0.222. The molecule has 8 nitrogen and oxygen atoms in total. The molecule has 0 bridgehead atoms. The third kappa shape index (κ3) is 4.59. The molecule has 37 heavy (non-hydrogen) atoms. The molecular formula is C27H24Br2N4O4. The number of carbonyl (C=O) groups excluding carboxylic acids is 1. The maximum Gasteiger partial charge on any atom is 0.419 e. The van der Waals surface area contributed by atoms with Gasteiger partial charge in [-0.2, -0.15) is 0 Å². The van der Waals surface area contributed by atoms with Crippen LogP contribution in [-0.4, -0.2) is 45.4 Å². The highest BCUT2D eigenvalue weighted by atomic mass is 79.9. The van der Waals surface area contributed by atoms with Crippen LogP contribution in [0.4, 0.5) is 4.79 Å². The molecule has 1 N–H and O–H groups in total. The molecule has 0 fully saturated rings. The van der Waals surface area contributed by atoms with Crippen molar-refractivity contribution in [2.75, 3.05) is 14.2 Å². The Balaban J connectivity index is 1.66. The van der Waals surface area contributed by atoms with Gasteiger partial charge in [0.2, 0.25) is 5.88 Å². The van der Waals surface area contributed by atoms with Crippen molar-refractivity contribution in [3.63, 3.8) is 0 Å². The number of halogens is 2. The molecule has 0 unspecified atom stereocenters. The molecule has 0 amide bonds. The lowest BCUT2D eigenvalue weighted by atomic mass is 10.1. The molecule has 0 radical (unpaired) electrons. The van der Waals surface area contributed by atoms with E-state index in [1.165, 1.54) is 4.57 Å². The van der Waals surface area contributed by atoms with Crippen molar-refractivity contribution in [2.45, 2.75) is 26.4 Å². The monoisotopic (exact) mass is 626 g/mol. The highest BCUT2D eigenvalue weighted by molar-refractivity contribution is 9.11. The number of aromatic amines is 1. The number of fused-ring (bicyclic) bond motifs is 2. The predicted molar refractivity (Wildman–Crippen MR) is 150 cm³/mol. The second-order valence-electron chi connectivity index (χ2n) is 9.37. The zero-order valence-corrected chi connectivity index (χ0v) is 24.0. The predicted octanol–water partition coefficient (Wildman–Crippen LogP) is 7.57. The van der Waals surface area contributed by atoms with Crippen molar-refractivity contribution < 1.29 is 19.0 Å². The summed E-state index contributed by atoms with van der Waals surface area (Å²) in [6.45, 7) is 5.50. The van der Waals surface area contributed by atoms with E-state index < -0.39 is 11.7 Å². The van der Waals surface area contributed by atoms with Gasteiger partial charge in [-0.15, -0.1) is 0 Å². The average molecular weight is 628 g/mol. The van der Waals surface area contributed by atoms with E-state index >= 15 is 0 Å². The lowest BCUT2D eigenvalue weighted by Crippen LogP contribution is -2.26. The van der Waals surface area contributed by atoms with Gasteiger partial charge in [-0.05, 0) is 45.0 Å². The molecule has 0 saturated heterocycles. The number of ether oxygens (including phenoxy) is 3. The first-order valence-corrected chi connectivity index (χ1v) is 13.0. The van der Waals surface area contributed by atoms with E-state index in [9.17, 15) is 4.79 Å². The standard InChI is InChI=1S/C27H24Br2N4O4/c1-27(2,3)37-26(34)33-13-17(15-7-6-14(28)10-20(15)33)23-25(36-5)32-19(12-31-23)16-11-30-24-21(35-4)9-8-18(29)22(16)24/h6-13,30H,1-5H3. The summed E-state index contributed by atoms with van der Waals surface area (Å²) in [6.07, 6.45) is 4.79. The lowest BCUT2D eigenvalue weighted by Gasteiger charge is -2.19. The van der Waals surface area contributed by atoms with Crippen molar-refractivity contribution >= 4 is 59.8 Å². The van der Waals surface area contributed by atoms with Crippen LogP contribution >= 0.6 is 31.9 Å². The molecule has 5 rings (SSSR count). The number of H-pyrrole nitrogens is 1. The Bertz CT molecular complexity index is 1670. The van der Waals surface area contributed by atoms with Crippen LogP contribution in [0.5, 0.6) is 11.6 Å². The molecule has 5 aromatic rings. The topological polar surface area (TPSA) is 91.3 Å². The summed E-state index contributed by atoms with van der Waals surface area (Å²) in [6, 6.07) is 9.53. The van der Waals surface area contributed by atoms with Crippen molar-refractivity contribution in [1.82, 2.24) is 19.5 Å². The SMILES string of the molecule is COc1nc(-c2c[nH]c3c(OC)ccc(Br)c23)cnc1-c1cn(C(=O)OC(C)(C)C)c2cc(Br)ccc12. The minimum atomic E-state index is -0.644. The largest absolute Gasteiger partial charge is 0.495 e. The summed E-state index contributed by atoms with van der Waals surface area (Å²) in [5, 5.41) is 1.74. The van der Waals surface area contributed by atoms with Gasteiger partial charge in [0.1, 0.15) is 17.0 Å². The second kappa shape index (κ2) is 9.50. The van der Waals surface area contributed by atoms with Crippen LogP contribution in [0, 0.1) is 0 Å². The molecule has 0 aliphatic heterocycles. The van der Waals surface area contributed by atoms with Crippen molar-refractivity contribution in [2.24, 2.45) is 0 Å². The number of rotatable bonds is 4. The first-order valence-electron chi connectivity index (χ1n) is 11.4. The molecule has 0 spiro atoms. The van der Waals surface area contributed by atoms with Gasteiger partial charge >= 0.3 is 6.09 Å². The summed E-state index contributed by atoms with van der Waals surface area (Å²) in [4.78, 5) is 25.9. The van der Waals surface area contributed by atoms with Gasteiger partial charge in [0.25, 0.3) is 0 Å². The summed E-state index contributed by atoms with van der Waals surface area (Å²) < 4.78 is 20.1. The number of carbonyl (C=O) groups is 1. The summed E-state index contributed by atoms with van der Waals surface area (Å²) in [5.74, 6) is 1.05. The van der Waals surface area contributed by atoms with Crippen LogP contribution in [0.25, 0.3) is 44.3 Å². The van der Waals surface area contributed by atoms with Crippen LogP contribution in [0.2, 0.25) is 0 Å². The maximum absolute atomic E-state index is 13.0. The fourth-order valence-electron chi connectivity index (χ4n) is 4.23. The van der Waals surface area contributed by atoms with E-state index in [-0.39, 0.29) is 0 Å². The normalized spacial score (nSPS) is 11.8. The second-order valence-corrected chi connectivity index (χ2v) is 11.1. The number of methoxy groups -OCH3 is 2. The molecule has 190 valence electrons. The van der Waals surface area contributed by atoms with Gasteiger partial charge in [-0.3, -0.25) is 4.57 Å². The zero-order valence-electron chi connectivity index (χ0n) is 20.8. The molecule has 10 heteroatoms. The van der Waals surface area contributed by atoms with Crippen LogP contribution in [0.1, 0.15) is 20.8 Å². The smallest absolute Gasteiger partial charge is 0.419 e. The zero-order chi connectivity index (χ0) is 26.5. The van der Waals surface area contributed by atoms with E-state index in [0.29, 0.717) is 28.3 Å². The van der Waals surface area contributed by atoms with Crippen LogP contribution in [0.3, 0.4) is 0 Å². The third-order valence-electron chi connectivity index (χ3n) is 5.79. The van der Waals surface area contributed by atoms with Crippen LogP contribution < -0.4 is 9.47 Å². The Morgan fingerprint density at radius 3 is 2.54 bits per heavy atom. The molecule has 3 aromatic heterocycles. The summed E-state index contributed by atoms with van der Waals surface area (Å²) >= 11 is 7.14. The summed E-state index contributed by atoms with van der Waals surface area (Å²) in [5.41, 5.74) is 3.57. The molecule has 2 aromatic carbocycles. The highest BCUT2D eigenvalue weighted by Gasteiger charge is 2.24. The van der Waals surface area contributed by atoms with E-state index in [1.807, 2.05) is 57.3 Å². The maximum atomic E-state index is 13.0. The quantitative estimate of drug-likeness (QED) is 0.221. The van der Waals surface area contributed by atoms with Gasteiger partial charge in [0.15, 0.2) is 0 Å². The minimum absolute atomic E-state index is 0.331. The van der Waals surface area contributed by atoms with Crippen LogP contribution in [-0.2, 0) is 4.74 Å². The third-order valence-corrected chi connectivity index (χ3v) is 6.94. The van der Waals surface area contributed by atoms with E-state index in [2.05, 4.69) is 36.8 Å². The summed E-state index contributed by atoms with van der Waals surface area (Å²) in [7, 11) is 3.18. The van der Waals surface area contributed by atoms with Crippen molar-refractivity contribution in [1.29, 1.82) is 0 Å². The van der Waals surface area contributed by atoms with E-state index in [1.54, 1.807) is 26.6 Å². The minimum Gasteiger partial charge on any atom is -0.495 e. The fourth-order valence-corrected chi connectivity index (χ4v) is 5.13. The Labute approximate surface area is 230 Å². The van der Waals surface area contributed by atoms with Crippen molar-refractivity contribution in [3.05, 3.63) is 57.9 Å². The van der Waals surface area contributed by atoms with Gasteiger partial charge < -0.3 is 19.2 Å². The van der Waals surface area contributed by atoms with Gasteiger partial charge in [0.05, 0.1) is 37.1 Å². The number of nitrogens with one attached hydrogen (secondary N) is 1. The Morgan fingerprint density at radius 2 is 1.84 bits per heavy atom. The molecule has 0 saturated carbocycles. The lowest BCUT2D eigenvalue weighted by molar-refractivity contribution is 0.0544. The Kier molecular flexibility index (Phi) is 6.49. The molecule has 3 heterocycles. The van der Waals surface area contributed by atoms with Crippen LogP contribution in [0.15, 0.2) is 57.9 Å². The van der Waals surface area contributed by atoms with E-state index in [0.717, 1.165) is 36.5 Å². The first-order chi connectivity index (χ1) is 17.6. The Morgan fingerprint density at radius 1 is 1.05 bits per heavy atom. The Hall–Kier alpha value is -3.37. The number of nitrogens with zero attached hydrogens (tertiary/aromatic N) is 3. The number of aromatic nitrogens is 4. The molecule has 0 atom stereocenters. The molecular weight excluding hydrogens is 604 g/mol. The number of benzene rings is 2. The number of hydrogen-bond acceptors (Lipinski definition) is 6. The highest BCUT2D eigenvalue weighted by Crippen LogP contribution is 2.40. The van der Waals surface area contributed by atoms with Gasteiger partial charge in [0, 0.05) is 43.2 Å². The van der Waals surface area contributed by atoms with Gasteiger partial charge in [-0.1, -0.05) is 37.9 Å².